The summed E-state index contributed by atoms with van der Waals surface area (Å²) in [6, 6.07) is 5.52. The molecule has 0 spiro atoms. The molecule has 1 atom stereocenters. The number of aromatic nitrogens is 5. The van der Waals surface area contributed by atoms with Crippen LogP contribution in [0.15, 0.2) is 45.1 Å². The van der Waals surface area contributed by atoms with Crippen molar-refractivity contribution in [1.82, 2.24) is 30.5 Å². The van der Waals surface area contributed by atoms with Crippen molar-refractivity contribution in [2.75, 3.05) is 17.2 Å². The van der Waals surface area contributed by atoms with Gasteiger partial charge in [-0.3, -0.25) is 14.6 Å². The number of para-hydroxylation sites is 1. The van der Waals surface area contributed by atoms with Crippen molar-refractivity contribution in [3.8, 4) is 12.3 Å². The number of hydrogen-bond donors (Lipinski definition) is 5. The Morgan fingerprint density at radius 3 is 2.61 bits per heavy atom. The third kappa shape index (κ3) is 7.01. The average Bonchev–Trinajstić information content (AvgIpc) is 3.40. The highest BCUT2D eigenvalue weighted by molar-refractivity contribution is 7.91. The number of terminal acetylenes is 1. The SMILES string of the molecule is C#CCN(Cc1cc2c(=O)[nH]c(C)nc2cc1C)c1c(F)cccc1C(=O)N[C@@H](CCCS(=O)(=O)c1n[nH]c(=O)[nH]1)C(=O)O. The van der Waals surface area contributed by atoms with Gasteiger partial charge < -0.3 is 20.3 Å². The summed E-state index contributed by atoms with van der Waals surface area (Å²) < 4.78 is 40.1. The predicted molar refractivity (Wildman–Crippen MR) is 158 cm³/mol. The van der Waals surface area contributed by atoms with Crippen molar-refractivity contribution in [2.24, 2.45) is 0 Å². The van der Waals surface area contributed by atoms with Gasteiger partial charge in [-0.2, -0.15) is 0 Å². The summed E-state index contributed by atoms with van der Waals surface area (Å²) in [5.41, 5.74) is 0.260. The van der Waals surface area contributed by atoms with Crippen molar-refractivity contribution >= 4 is 38.3 Å². The highest BCUT2D eigenvalue weighted by atomic mass is 32.2. The molecule has 4 aromatic rings. The number of anilines is 1. The molecule has 4 rings (SSSR count). The standard InChI is InChI=1S/C28H28FN7O7S/c1-4-10-36(14-17-13-19-22(12-15(17)2)30-16(3)31-25(19)38)23-18(7-5-8-20(23)29)24(37)32-21(26(39)40)9-6-11-44(42,43)28-33-27(41)34-35-28/h1,5,7-8,12-13,21H,6,9-11,14H2,2-3H3,(H,32,37)(H,39,40)(H,30,31,38)(H2,33,34,35,41)/t21-/m0/s1. The van der Waals surface area contributed by atoms with Gasteiger partial charge in [-0.1, -0.05) is 12.0 Å². The lowest BCUT2D eigenvalue weighted by molar-refractivity contribution is -0.139. The molecule has 0 fully saturated rings. The van der Waals surface area contributed by atoms with E-state index in [1.165, 1.54) is 17.0 Å². The lowest BCUT2D eigenvalue weighted by Crippen LogP contribution is -2.41. The first kappa shape index (κ1) is 31.6. The van der Waals surface area contributed by atoms with E-state index in [4.69, 9.17) is 6.42 Å². The number of H-pyrrole nitrogens is 3. The fraction of sp³-hybridized carbons (Fsp3) is 0.286. The van der Waals surface area contributed by atoms with E-state index in [1.54, 1.807) is 26.0 Å². The van der Waals surface area contributed by atoms with E-state index in [0.717, 1.165) is 11.6 Å². The summed E-state index contributed by atoms with van der Waals surface area (Å²) in [4.78, 5) is 59.4. The molecule has 2 aromatic carbocycles. The highest BCUT2D eigenvalue weighted by Crippen LogP contribution is 2.28. The minimum Gasteiger partial charge on any atom is -0.480 e. The zero-order valence-corrected chi connectivity index (χ0v) is 24.4. The average molecular weight is 626 g/mol. The molecule has 2 heterocycles. The van der Waals surface area contributed by atoms with Crippen molar-refractivity contribution in [1.29, 1.82) is 0 Å². The Morgan fingerprint density at radius 2 is 1.95 bits per heavy atom. The number of benzene rings is 2. The third-order valence-electron chi connectivity index (χ3n) is 6.76. The van der Waals surface area contributed by atoms with Crippen LogP contribution in [0.25, 0.3) is 10.9 Å². The highest BCUT2D eigenvalue weighted by Gasteiger charge is 2.27. The Morgan fingerprint density at radius 1 is 1.20 bits per heavy atom. The van der Waals surface area contributed by atoms with Gasteiger partial charge in [-0.15, -0.1) is 11.5 Å². The summed E-state index contributed by atoms with van der Waals surface area (Å²) >= 11 is 0. The minimum absolute atomic E-state index is 0.00396. The summed E-state index contributed by atoms with van der Waals surface area (Å²) in [5, 5.41) is 17.1. The topological polar surface area (TPSA) is 211 Å². The molecule has 0 bridgehead atoms. The lowest BCUT2D eigenvalue weighted by atomic mass is 10.0. The number of nitrogens with one attached hydrogen (secondary N) is 4. The number of hydrogen-bond acceptors (Lipinski definition) is 9. The van der Waals surface area contributed by atoms with Crippen molar-refractivity contribution in [3.05, 3.63) is 79.5 Å². The Hall–Kier alpha value is -5.30. The number of aromatic amines is 3. The molecule has 0 aliphatic carbocycles. The number of fused-ring (bicyclic) bond motifs is 1. The number of aliphatic carboxylic acids is 1. The number of sulfone groups is 1. The Kier molecular flexibility index (Phi) is 9.29. The minimum atomic E-state index is -4.03. The van der Waals surface area contributed by atoms with Gasteiger partial charge in [0.1, 0.15) is 17.7 Å². The number of carbonyl (C=O) groups excluding carboxylic acids is 1. The molecule has 2 aromatic heterocycles. The molecule has 0 saturated carbocycles. The fourth-order valence-electron chi connectivity index (χ4n) is 4.64. The smallest absolute Gasteiger partial charge is 0.341 e. The Balaban J connectivity index is 1.59. The summed E-state index contributed by atoms with van der Waals surface area (Å²) in [5.74, 6) is -0.845. The first-order chi connectivity index (χ1) is 20.8. The number of carboxylic acids is 1. The summed E-state index contributed by atoms with van der Waals surface area (Å²) in [6.07, 6.45) is 5.08. The van der Waals surface area contributed by atoms with E-state index in [0.29, 0.717) is 22.3 Å². The largest absolute Gasteiger partial charge is 0.480 e. The van der Waals surface area contributed by atoms with Crippen LogP contribution in [-0.2, 0) is 21.2 Å². The van der Waals surface area contributed by atoms with Gasteiger partial charge in [-0.25, -0.2) is 32.5 Å². The van der Waals surface area contributed by atoms with E-state index in [-0.39, 0.29) is 42.7 Å². The van der Waals surface area contributed by atoms with Crippen LogP contribution in [0.3, 0.4) is 0 Å². The number of halogens is 1. The van der Waals surface area contributed by atoms with Gasteiger partial charge in [0.2, 0.25) is 15.0 Å². The third-order valence-corrected chi connectivity index (χ3v) is 8.36. The van der Waals surface area contributed by atoms with Crippen LogP contribution >= 0.6 is 0 Å². The van der Waals surface area contributed by atoms with E-state index < -0.39 is 50.2 Å². The van der Waals surface area contributed by atoms with Gasteiger partial charge in [0, 0.05) is 6.54 Å². The normalized spacial score (nSPS) is 12.0. The van der Waals surface area contributed by atoms with Crippen LogP contribution in [0.4, 0.5) is 10.1 Å². The summed E-state index contributed by atoms with van der Waals surface area (Å²) in [7, 11) is -4.03. The second-order valence-corrected chi connectivity index (χ2v) is 12.0. The van der Waals surface area contributed by atoms with Crippen LogP contribution in [0, 0.1) is 32.0 Å². The number of carboxylic acid groups (broad SMARTS) is 1. The molecule has 1 amide bonds. The lowest BCUT2D eigenvalue weighted by Gasteiger charge is -2.27. The Labute approximate surface area is 249 Å². The second kappa shape index (κ2) is 12.9. The first-order valence-electron chi connectivity index (χ1n) is 13.2. The van der Waals surface area contributed by atoms with Gasteiger partial charge in [-0.05, 0) is 62.1 Å². The zero-order valence-electron chi connectivity index (χ0n) is 23.6. The maximum absolute atomic E-state index is 15.4. The molecular formula is C28H28FN7O7S. The second-order valence-electron chi connectivity index (χ2n) is 9.95. The van der Waals surface area contributed by atoms with Crippen molar-refractivity contribution in [3.63, 3.8) is 0 Å². The van der Waals surface area contributed by atoms with Crippen LogP contribution in [0.2, 0.25) is 0 Å². The molecule has 5 N–H and O–H groups in total. The molecular weight excluding hydrogens is 597 g/mol. The van der Waals surface area contributed by atoms with E-state index >= 15 is 4.39 Å². The maximum Gasteiger partial charge on any atom is 0.341 e. The fourth-order valence-corrected chi connectivity index (χ4v) is 5.81. The number of amides is 1. The quantitative estimate of drug-likeness (QED) is 0.142. The van der Waals surface area contributed by atoms with E-state index in [1.807, 2.05) is 10.1 Å². The number of aryl methyl sites for hydroxylation is 2. The number of carbonyl (C=O) groups is 2. The summed E-state index contributed by atoms with van der Waals surface area (Å²) in [6.45, 7) is 3.30. The molecule has 0 radical (unpaired) electrons. The number of nitrogens with zero attached hydrogens (tertiary/aromatic N) is 3. The van der Waals surface area contributed by atoms with Crippen molar-refractivity contribution in [2.45, 2.75) is 44.4 Å². The van der Waals surface area contributed by atoms with Gasteiger partial charge >= 0.3 is 11.7 Å². The van der Waals surface area contributed by atoms with Gasteiger partial charge in [0.15, 0.2) is 0 Å². The number of rotatable bonds is 12. The molecule has 44 heavy (non-hydrogen) atoms. The van der Waals surface area contributed by atoms with Crippen LogP contribution in [0.1, 0.15) is 40.2 Å². The molecule has 0 saturated heterocycles. The van der Waals surface area contributed by atoms with Gasteiger partial charge in [0.05, 0.1) is 34.5 Å². The molecule has 0 aliphatic heterocycles. The molecule has 0 aliphatic rings. The molecule has 230 valence electrons. The van der Waals surface area contributed by atoms with Crippen LogP contribution in [-0.4, -0.2) is 68.9 Å². The van der Waals surface area contributed by atoms with Crippen molar-refractivity contribution < 1.29 is 27.5 Å². The van der Waals surface area contributed by atoms with E-state index in [9.17, 15) is 32.7 Å². The molecule has 16 heteroatoms. The zero-order chi connectivity index (χ0) is 32.2. The van der Waals surface area contributed by atoms with Crippen LogP contribution in [0.5, 0.6) is 0 Å². The molecule has 0 unspecified atom stereocenters. The van der Waals surface area contributed by atoms with Crippen LogP contribution < -0.4 is 21.5 Å². The predicted octanol–water partition coefficient (Wildman–Crippen LogP) is 1.17. The van der Waals surface area contributed by atoms with E-state index in [2.05, 4.69) is 26.3 Å². The van der Waals surface area contributed by atoms with Gasteiger partial charge in [0.25, 0.3) is 11.5 Å². The molecule has 14 nitrogen and oxygen atoms in total. The monoisotopic (exact) mass is 625 g/mol. The Bertz CT molecular complexity index is 2010. The first-order valence-corrected chi connectivity index (χ1v) is 14.8. The maximum atomic E-state index is 15.4.